The lowest BCUT2D eigenvalue weighted by molar-refractivity contribution is 0.472. The van der Waals surface area contributed by atoms with Gasteiger partial charge in [0.05, 0.1) is 9.90 Å². The molecule has 0 aliphatic rings. The number of rotatable bonds is 5. The predicted octanol–water partition coefficient (Wildman–Crippen LogP) is 2.97. The molecule has 0 aliphatic heterocycles. The molecule has 0 unspecified atom stereocenters. The summed E-state index contributed by atoms with van der Waals surface area (Å²) in [6.07, 6.45) is 2.32. The van der Waals surface area contributed by atoms with Crippen LogP contribution in [0, 0.1) is 6.92 Å². The molecule has 0 aliphatic carbocycles. The van der Waals surface area contributed by atoms with Crippen molar-refractivity contribution in [1.29, 1.82) is 0 Å². The molecule has 0 amide bonds. The zero-order chi connectivity index (χ0) is 14.8. The quantitative estimate of drug-likeness (QED) is 0.847. The Labute approximate surface area is 128 Å². The monoisotopic (exact) mass is 330 g/mol. The van der Waals surface area contributed by atoms with Gasteiger partial charge in [-0.3, -0.25) is 0 Å². The van der Waals surface area contributed by atoms with E-state index < -0.39 is 10.0 Å². The van der Waals surface area contributed by atoms with E-state index in [0.717, 1.165) is 10.6 Å². The molecule has 0 fully saturated rings. The van der Waals surface area contributed by atoms with E-state index in [0.29, 0.717) is 18.0 Å². The first-order valence-electron chi connectivity index (χ1n) is 6.02. The maximum atomic E-state index is 12.4. The number of likely N-dealkylation sites (N-methyl/N-ethyl adjacent to an activating group) is 1. The molecule has 4 nitrogen and oxygen atoms in total. The van der Waals surface area contributed by atoms with E-state index >= 15 is 0 Å². The Hall–Kier alpha value is -0.950. The summed E-state index contributed by atoms with van der Waals surface area (Å²) in [6, 6.07) is 4.78. The molecule has 20 heavy (non-hydrogen) atoms. The van der Waals surface area contributed by atoms with Gasteiger partial charge in [0, 0.05) is 36.6 Å². The zero-order valence-electron chi connectivity index (χ0n) is 11.2. The molecule has 2 aromatic rings. The molecule has 2 rings (SSSR count). The van der Waals surface area contributed by atoms with Crippen LogP contribution in [0.1, 0.15) is 10.6 Å². The number of benzene rings is 1. The Balaban J connectivity index is 2.14. The molecule has 1 heterocycles. The van der Waals surface area contributed by atoms with Crippen molar-refractivity contribution in [3.8, 4) is 0 Å². The van der Waals surface area contributed by atoms with Gasteiger partial charge in [-0.1, -0.05) is 17.7 Å². The Morgan fingerprint density at radius 3 is 2.75 bits per heavy atom. The molecule has 0 saturated carbocycles. The molecular weight excluding hydrogens is 316 g/mol. The van der Waals surface area contributed by atoms with Crippen molar-refractivity contribution in [1.82, 2.24) is 9.29 Å². The third-order valence-electron chi connectivity index (χ3n) is 2.98. The van der Waals surface area contributed by atoms with Crippen molar-refractivity contribution in [2.24, 2.45) is 0 Å². The van der Waals surface area contributed by atoms with Crippen LogP contribution in [0.2, 0.25) is 5.02 Å². The minimum absolute atomic E-state index is 0.217. The fourth-order valence-electron chi connectivity index (χ4n) is 1.66. The second-order valence-corrected chi connectivity index (χ2v) is 7.84. The largest absolute Gasteiger partial charge is 0.250 e. The minimum atomic E-state index is -3.51. The Kier molecular flexibility index (Phi) is 4.80. The van der Waals surface area contributed by atoms with E-state index in [1.807, 2.05) is 12.3 Å². The maximum Gasteiger partial charge on any atom is 0.242 e. The minimum Gasteiger partial charge on any atom is -0.250 e. The third-order valence-corrected chi connectivity index (χ3v) is 6.07. The van der Waals surface area contributed by atoms with Crippen LogP contribution in [-0.4, -0.2) is 31.3 Å². The van der Waals surface area contributed by atoms with Crippen molar-refractivity contribution in [2.75, 3.05) is 13.6 Å². The lowest BCUT2D eigenvalue weighted by Crippen LogP contribution is -2.29. The fourth-order valence-corrected chi connectivity index (χ4v) is 3.72. The Morgan fingerprint density at radius 1 is 1.40 bits per heavy atom. The van der Waals surface area contributed by atoms with Crippen molar-refractivity contribution >= 4 is 33.0 Å². The molecule has 0 spiro atoms. The van der Waals surface area contributed by atoms with Crippen LogP contribution >= 0.6 is 22.9 Å². The lowest BCUT2D eigenvalue weighted by Gasteiger charge is -2.17. The molecule has 0 radical (unpaired) electrons. The number of aryl methyl sites for hydroxylation is 1. The highest BCUT2D eigenvalue weighted by atomic mass is 35.5. The second kappa shape index (κ2) is 6.22. The van der Waals surface area contributed by atoms with Gasteiger partial charge in [0.15, 0.2) is 0 Å². The number of hydrogen-bond donors (Lipinski definition) is 0. The molecule has 0 saturated heterocycles. The van der Waals surface area contributed by atoms with Crippen molar-refractivity contribution in [3.63, 3.8) is 0 Å². The van der Waals surface area contributed by atoms with Gasteiger partial charge in [0.2, 0.25) is 10.0 Å². The molecule has 0 atom stereocenters. The first-order valence-corrected chi connectivity index (χ1v) is 8.72. The van der Waals surface area contributed by atoms with Gasteiger partial charge in [-0.2, -0.15) is 0 Å². The smallest absolute Gasteiger partial charge is 0.242 e. The SMILES string of the molecule is Cc1ccc(S(=O)(=O)N(C)CCc2nccs2)cc1Cl. The van der Waals surface area contributed by atoms with Crippen LogP contribution in [0.5, 0.6) is 0 Å². The Morgan fingerprint density at radius 2 is 2.15 bits per heavy atom. The number of thiazole rings is 1. The van der Waals surface area contributed by atoms with Crippen LogP contribution in [0.3, 0.4) is 0 Å². The van der Waals surface area contributed by atoms with Gasteiger partial charge in [0.1, 0.15) is 0 Å². The summed E-state index contributed by atoms with van der Waals surface area (Å²) >= 11 is 7.51. The van der Waals surface area contributed by atoms with Gasteiger partial charge >= 0.3 is 0 Å². The van der Waals surface area contributed by atoms with E-state index in [-0.39, 0.29) is 4.90 Å². The first-order chi connectivity index (χ1) is 9.41. The number of halogens is 1. The van der Waals surface area contributed by atoms with Crippen molar-refractivity contribution in [2.45, 2.75) is 18.2 Å². The van der Waals surface area contributed by atoms with Crippen molar-refractivity contribution in [3.05, 3.63) is 45.4 Å². The van der Waals surface area contributed by atoms with Gasteiger partial charge in [-0.25, -0.2) is 17.7 Å². The topological polar surface area (TPSA) is 50.3 Å². The molecule has 1 aromatic heterocycles. The Bertz CT molecular complexity index is 684. The van der Waals surface area contributed by atoms with Crippen LogP contribution < -0.4 is 0 Å². The molecular formula is C13H15ClN2O2S2. The summed E-state index contributed by atoms with van der Waals surface area (Å²) in [7, 11) is -1.94. The summed E-state index contributed by atoms with van der Waals surface area (Å²) in [5.41, 5.74) is 0.857. The maximum absolute atomic E-state index is 12.4. The summed E-state index contributed by atoms with van der Waals surface area (Å²) < 4.78 is 26.1. The van der Waals surface area contributed by atoms with E-state index in [1.54, 1.807) is 25.4 Å². The van der Waals surface area contributed by atoms with E-state index in [2.05, 4.69) is 4.98 Å². The molecule has 0 N–H and O–H groups in total. The highest BCUT2D eigenvalue weighted by molar-refractivity contribution is 7.89. The van der Waals surface area contributed by atoms with Crippen LogP contribution in [0.25, 0.3) is 0 Å². The summed E-state index contributed by atoms with van der Waals surface area (Å²) in [6.45, 7) is 2.23. The van der Waals surface area contributed by atoms with Gasteiger partial charge < -0.3 is 0 Å². The van der Waals surface area contributed by atoms with Crippen molar-refractivity contribution < 1.29 is 8.42 Å². The zero-order valence-corrected chi connectivity index (χ0v) is 13.6. The fraction of sp³-hybridized carbons (Fsp3) is 0.308. The van der Waals surface area contributed by atoms with Gasteiger partial charge in [-0.05, 0) is 24.6 Å². The summed E-state index contributed by atoms with van der Waals surface area (Å²) in [4.78, 5) is 4.36. The second-order valence-electron chi connectivity index (χ2n) is 4.41. The van der Waals surface area contributed by atoms with Crippen LogP contribution in [-0.2, 0) is 16.4 Å². The number of aromatic nitrogens is 1. The number of sulfonamides is 1. The van der Waals surface area contributed by atoms with Gasteiger partial charge in [0.25, 0.3) is 0 Å². The highest BCUT2D eigenvalue weighted by Crippen LogP contribution is 2.22. The third kappa shape index (κ3) is 3.38. The highest BCUT2D eigenvalue weighted by Gasteiger charge is 2.21. The summed E-state index contributed by atoms with van der Waals surface area (Å²) in [5.74, 6) is 0. The average molecular weight is 331 g/mol. The summed E-state index contributed by atoms with van der Waals surface area (Å²) in [5, 5.41) is 3.26. The lowest BCUT2D eigenvalue weighted by atomic mass is 10.2. The first kappa shape index (κ1) is 15.4. The predicted molar refractivity (Wildman–Crippen MR) is 81.8 cm³/mol. The average Bonchev–Trinajstić information content (AvgIpc) is 2.92. The van der Waals surface area contributed by atoms with Crippen LogP contribution in [0.15, 0.2) is 34.7 Å². The van der Waals surface area contributed by atoms with E-state index in [9.17, 15) is 8.42 Å². The standard InChI is InChI=1S/C13H15ClN2O2S2/c1-10-3-4-11(9-12(10)14)20(17,18)16(2)7-5-13-15-6-8-19-13/h3-4,6,8-9H,5,7H2,1-2H3. The van der Waals surface area contributed by atoms with Crippen LogP contribution in [0.4, 0.5) is 0 Å². The molecule has 7 heteroatoms. The molecule has 108 valence electrons. The van der Waals surface area contributed by atoms with E-state index in [1.165, 1.54) is 21.7 Å². The normalized spacial score (nSPS) is 12.0. The molecule has 1 aromatic carbocycles. The van der Waals surface area contributed by atoms with Gasteiger partial charge in [-0.15, -0.1) is 11.3 Å². The number of nitrogens with zero attached hydrogens (tertiary/aromatic N) is 2. The number of hydrogen-bond acceptors (Lipinski definition) is 4. The molecule has 0 bridgehead atoms. The van der Waals surface area contributed by atoms with E-state index in [4.69, 9.17) is 11.6 Å².